The maximum absolute atomic E-state index is 12.4. The molecule has 0 N–H and O–H groups in total. The molecule has 2 atom stereocenters. The number of fused-ring (bicyclic) bond motifs is 1. The van der Waals surface area contributed by atoms with E-state index in [9.17, 15) is 13.2 Å². The minimum atomic E-state index is -4.04. The molecule has 0 aliphatic carbocycles. The molecule has 0 radical (unpaired) electrons. The Morgan fingerprint density at radius 2 is 1.94 bits per heavy atom. The normalized spacial score (nSPS) is 30.0. The van der Waals surface area contributed by atoms with Crippen LogP contribution >= 0.6 is 0 Å². The molecule has 2 nitrogen and oxygen atoms in total. The van der Waals surface area contributed by atoms with E-state index in [1.807, 2.05) is 4.90 Å². The van der Waals surface area contributed by atoms with Crippen molar-refractivity contribution in [1.29, 1.82) is 0 Å². The van der Waals surface area contributed by atoms with Crippen molar-refractivity contribution in [3.05, 3.63) is 0 Å². The van der Waals surface area contributed by atoms with Gasteiger partial charge in [-0.05, 0) is 26.3 Å². The van der Waals surface area contributed by atoms with Gasteiger partial charge in [-0.15, -0.1) is 0 Å². The summed E-state index contributed by atoms with van der Waals surface area (Å²) in [4.78, 5) is 4.46. The quantitative estimate of drug-likeness (QED) is 0.743. The summed E-state index contributed by atoms with van der Waals surface area (Å²) in [5.74, 6) is 0. The van der Waals surface area contributed by atoms with E-state index in [2.05, 4.69) is 4.90 Å². The van der Waals surface area contributed by atoms with E-state index in [0.717, 1.165) is 32.6 Å². The number of piperazine rings is 1. The molecule has 0 aromatic heterocycles. The molecule has 2 fully saturated rings. The average Bonchev–Trinajstić information content (AvgIpc) is 2.26. The van der Waals surface area contributed by atoms with E-state index in [4.69, 9.17) is 0 Å². The summed E-state index contributed by atoms with van der Waals surface area (Å²) in [6.07, 6.45) is -1.10. The first-order valence-electron chi connectivity index (χ1n) is 6.50. The van der Waals surface area contributed by atoms with Gasteiger partial charge in [-0.25, -0.2) is 0 Å². The van der Waals surface area contributed by atoms with E-state index in [1.54, 1.807) is 6.92 Å². The molecular weight excluding hydrogens is 229 g/mol. The van der Waals surface area contributed by atoms with E-state index in [0.29, 0.717) is 6.04 Å². The monoisotopic (exact) mass is 250 g/mol. The minimum Gasteiger partial charge on any atom is -0.298 e. The van der Waals surface area contributed by atoms with Crippen LogP contribution in [0.1, 0.15) is 32.6 Å². The third-order valence-electron chi connectivity index (χ3n) is 4.02. The summed E-state index contributed by atoms with van der Waals surface area (Å²) in [5.41, 5.74) is 0. The molecule has 0 spiro atoms. The van der Waals surface area contributed by atoms with Gasteiger partial charge in [0.2, 0.25) is 0 Å². The molecule has 0 amide bonds. The summed E-state index contributed by atoms with van der Waals surface area (Å²) in [5, 5.41) is 0. The summed E-state index contributed by atoms with van der Waals surface area (Å²) in [7, 11) is 0. The third-order valence-corrected chi connectivity index (χ3v) is 4.02. The van der Waals surface area contributed by atoms with Gasteiger partial charge in [-0.1, -0.05) is 6.42 Å². The summed E-state index contributed by atoms with van der Waals surface area (Å²) in [6.45, 7) is 5.37. The molecular formula is C12H21F3N2. The van der Waals surface area contributed by atoms with Crippen LogP contribution in [0.5, 0.6) is 0 Å². The van der Waals surface area contributed by atoms with Crippen LogP contribution in [0.4, 0.5) is 13.2 Å². The Bertz CT molecular complexity index is 255. The first kappa shape index (κ1) is 13.1. The highest BCUT2D eigenvalue weighted by atomic mass is 19.4. The van der Waals surface area contributed by atoms with Crippen LogP contribution in [0.2, 0.25) is 0 Å². The fourth-order valence-electron chi connectivity index (χ4n) is 3.04. The molecule has 5 heteroatoms. The first-order valence-corrected chi connectivity index (χ1v) is 6.50. The topological polar surface area (TPSA) is 6.48 Å². The van der Waals surface area contributed by atoms with Crippen LogP contribution in [-0.4, -0.2) is 54.2 Å². The number of halogens is 3. The Kier molecular flexibility index (Phi) is 3.98. The molecule has 0 aromatic rings. The lowest BCUT2D eigenvalue weighted by Gasteiger charge is -2.46. The summed E-state index contributed by atoms with van der Waals surface area (Å²) >= 11 is 0. The fourth-order valence-corrected chi connectivity index (χ4v) is 3.04. The van der Waals surface area contributed by atoms with Gasteiger partial charge in [0.05, 0.1) is 6.42 Å². The number of hydrogen-bond acceptors (Lipinski definition) is 2. The van der Waals surface area contributed by atoms with E-state index in [-0.39, 0.29) is 6.04 Å². The predicted octanol–water partition coefficient (Wildman–Crippen LogP) is 2.50. The third kappa shape index (κ3) is 3.58. The van der Waals surface area contributed by atoms with Crippen molar-refractivity contribution < 1.29 is 13.2 Å². The van der Waals surface area contributed by atoms with Crippen LogP contribution in [0.15, 0.2) is 0 Å². The van der Waals surface area contributed by atoms with Gasteiger partial charge >= 0.3 is 6.18 Å². The van der Waals surface area contributed by atoms with Crippen molar-refractivity contribution in [2.75, 3.05) is 26.2 Å². The summed E-state index contributed by atoms with van der Waals surface area (Å²) < 4.78 is 37.1. The molecule has 0 saturated carbocycles. The Morgan fingerprint density at radius 3 is 2.65 bits per heavy atom. The molecule has 100 valence electrons. The zero-order chi connectivity index (χ0) is 12.5. The molecule has 0 bridgehead atoms. The van der Waals surface area contributed by atoms with E-state index < -0.39 is 12.6 Å². The first-order chi connectivity index (χ1) is 7.96. The second kappa shape index (κ2) is 5.14. The Hall–Kier alpha value is -0.290. The predicted molar refractivity (Wildman–Crippen MR) is 60.9 cm³/mol. The van der Waals surface area contributed by atoms with Crippen molar-refractivity contribution in [2.45, 2.75) is 50.9 Å². The highest BCUT2D eigenvalue weighted by Gasteiger charge is 2.36. The lowest BCUT2D eigenvalue weighted by Crippen LogP contribution is -2.57. The number of hydrogen-bond donors (Lipinski definition) is 0. The van der Waals surface area contributed by atoms with Crippen LogP contribution in [-0.2, 0) is 0 Å². The Labute approximate surface area is 101 Å². The molecule has 2 aliphatic heterocycles. The zero-order valence-electron chi connectivity index (χ0n) is 10.3. The number of nitrogens with zero attached hydrogens (tertiary/aromatic N) is 2. The molecule has 2 heterocycles. The molecule has 0 aromatic carbocycles. The van der Waals surface area contributed by atoms with Gasteiger partial charge in [0, 0.05) is 31.7 Å². The Morgan fingerprint density at radius 1 is 1.18 bits per heavy atom. The van der Waals surface area contributed by atoms with E-state index >= 15 is 0 Å². The summed E-state index contributed by atoms with van der Waals surface area (Å²) in [6, 6.07) is 0.118. The van der Waals surface area contributed by atoms with Crippen molar-refractivity contribution >= 4 is 0 Å². The van der Waals surface area contributed by atoms with Gasteiger partial charge in [0.1, 0.15) is 0 Å². The van der Waals surface area contributed by atoms with Gasteiger partial charge in [0.15, 0.2) is 0 Å². The number of alkyl halides is 3. The van der Waals surface area contributed by atoms with Crippen molar-refractivity contribution in [2.24, 2.45) is 0 Å². The van der Waals surface area contributed by atoms with Crippen LogP contribution in [0.3, 0.4) is 0 Å². The molecule has 2 rings (SSSR count). The zero-order valence-corrected chi connectivity index (χ0v) is 10.3. The SMILES string of the molecule is CC(CC(F)(F)F)N1CCN2CCCCC2C1. The highest BCUT2D eigenvalue weighted by molar-refractivity contribution is 4.87. The molecule has 2 saturated heterocycles. The van der Waals surface area contributed by atoms with Gasteiger partial charge in [-0.2, -0.15) is 13.2 Å². The molecule has 2 aliphatic rings. The van der Waals surface area contributed by atoms with Crippen molar-refractivity contribution in [1.82, 2.24) is 9.80 Å². The van der Waals surface area contributed by atoms with E-state index in [1.165, 1.54) is 12.8 Å². The molecule has 17 heavy (non-hydrogen) atoms. The van der Waals surface area contributed by atoms with Crippen molar-refractivity contribution in [3.8, 4) is 0 Å². The number of piperidine rings is 1. The van der Waals surface area contributed by atoms with Gasteiger partial charge in [0.25, 0.3) is 0 Å². The fraction of sp³-hybridized carbons (Fsp3) is 1.00. The van der Waals surface area contributed by atoms with Gasteiger partial charge in [-0.3, -0.25) is 9.80 Å². The second-order valence-corrected chi connectivity index (χ2v) is 5.35. The smallest absolute Gasteiger partial charge is 0.298 e. The minimum absolute atomic E-state index is 0.376. The molecule has 2 unspecified atom stereocenters. The average molecular weight is 250 g/mol. The largest absolute Gasteiger partial charge is 0.390 e. The number of rotatable bonds is 2. The maximum Gasteiger partial charge on any atom is 0.390 e. The lowest BCUT2D eigenvalue weighted by atomic mass is 9.98. The lowest BCUT2D eigenvalue weighted by molar-refractivity contribution is -0.148. The second-order valence-electron chi connectivity index (χ2n) is 5.35. The Balaban J connectivity index is 1.86. The van der Waals surface area contributed by atoms with Crippen LogP contribution < -0.4 is 0 Å². The van der Waals surface area contributed by atoms with Gasteiger partial charge < -0.3 is 0 Å². The highest BCUT2D eigenvalue weighted by Crippen LogP contribution is 2.27. The standard InChI is InChI=1S/C12H21F3N2/c1-10(8-12(13,14)15)17-7-6-16-5-3-2-4-11(16)9-17/h10-11H,2-9H2,1H3. The van der Waals surface area contributed by atoms with Crippen molar-refractivity contribution in [3.63, 3.8) is 0 Å². The maximum atomic E-state index is 12.4. The van der Waals surface area contributed by atoms with Crippen LogP contribution in [0, 0.1) is 0 Å². The van der Waals surface area contributed by atoms with Crippen LogP contribution in [0.25, 0.3) is 0 Å².